The first-order valence-electron chi connectivity index (χ1n) is 15.0. The summed E-state index contributed by atoms with van der Waals surface area (Å²) >= 11 is 26.9. The monoisotopic (exact) mass is 1160 g/mol. The largest absolute Gasteiger partial charge is 0.462 e. The third kappa shape index (κ3) is 11.2. The highest BCUT2D eigenvalue weighted by Gasteiger charge is 2.37. The molecule has 0 saturated heterocycles. The van der Waals surface area contributed by atoms with E-state index in [1.54, 1.807) is 0 Å². The summed E-state index contributed by atoms with van der Waals surface area (Å²) in [4.78, 5) is 49.0. The van der Waals surface area contributed by atoms with Crippen molar-refractivity contribution in [2.45, 2.75) is 79.1 Å². The fourth-order valence-corrected chi connectivity index (χ4v) is 9.43. The number of cyclic esters (lactones) is 2. The lowest BCUT2D eigenvalue weighted by Gasteiger charge is -2.19. The normalized spacial score (nSPS) is 13.4. The van der Waals surface area contributed by atoms with E-state index in [2.05, 4.69) is 160 Å². The van der Waals surface area contributed by atoms with Gasteiger partial charge >= 0.3 is 23.9 Å². The van der Waals surface area contributed by atoms with Crippen LogP contribution in [0.5, 0.6) is 0 Å². The molecule has 7 nitrogen and oxygen atoms in total. The number of hydrogen-bond donors (Lipinski definition) is 0. The summed E-state index contributed by atoms with van der Waals surface area (Å²) < 4.78 is 20.3. The van der Waals surface area contributed by atoms with Crippen LogP contribution in [0.15, 0.2) is 35.8 Å². The lowest BCUT2D eigenvalue weighted by atomic mass is 10.0. The van der Waals surface area contributed by atoms with Gasteiger partial charge in [0.15, 0.2) is 0 Å². The molecule has 15 heteroatoms. The molecule has 3 rings (SSSR count). The Morgan fingerprint density at radius 2 is 0.872 bits per heavy atom. The number of carbonyl (C=O) groups is 4. The van der Waals surface area contributed by atoms with E-state index in [0.29, 0.717) is 60.8 Å². The van der Waals surface area contributed by atoms with Crippen molar-refractivity contribution in [3.63, 3.8) is 0 Å². The molecular formula is C32H34Br8O7. The third-order valence-electron chi connectivity index (χ3n) is 7.52. The van der Waals surface area contributed by atoms with E-state index in [4.69, 9.17) is 9.47 Å². The van der Waals surface area contributed by atoms with Gasteiger partial charge in [0.1, 0.15) is 0 Å². The van der Waals surface area contributed by atoms with E-state index in [1.807, 2.05) is 0 Å². The van der Waals surface area contributed by atoms with Crippen LogP contribution < -0.4 is 0 Å². The number of ether oxygens (including phenoxy) is 3. The lowest BCUT2D eigenvalue weighted by molar-refractivity contribution is 0.0379. The van der Waals surface area contributed by atoms with Gasteiger partial charge in [-0.3, -0.25) is 0 Å². The van der Waals surface area contributed by atoms with E-state index < -0.39 is 23.9 Å². The number of carbonyl (C=O) groups excluding carboxylic acids is 4. The number of benzene rings is 2. The Morgan fingerprint density at radius 3 is 1.17 bits per heavy atom. The molecule has 1 heterocycles. The zero-order chi connectivity index (χ0) is 35.6. The smallest absolute Gasteiger partial charge is 0.348 e. The molecule has 2 aromatic carbocycles. The van der Waals surface area contributed by atoms with Crippen molar-refractivity contribution in [1.82, 2.24) is 0 Å². The predicted octanol–water partition coefficient (Wildman–Crippen LogP) is 13.5. The Bertz CT molecular complexity index is 1390. The molecule has 2 atom stereocenters. The Labute approximate surface area is 343 Å². The van der Waals surface area contributed by atoms with Crippen LogP contribution in [-0.2, 0) is 14.2 Å². The topological polar surface area (TPSA) is 96.0 Å². The predicted molar refractivity (Wildman–Crippen MR) is 211 cm³/mol. The lowest BCUT2D eigenvalue weighted by Crippen LogP contribution is -2.21. The molecule has 0 aromatic heterocycles. The number of rotatable bonds is 14. The van der Waals surface area contributed by atoms with E-state index in [1.165, 1.54) is 0 Å². The van der Waals surface area contributed by atoms with Crippen LogP contribution in [0.25, 0.3) is 0 Å². The van der Waals surface area contributed by atoms with Crippen LogP contribution in [0.4, 0.5) is 0 Å². The molecule has 0 aliphatic carbocycles. The van der Waals surface area contributed by atoms with E-state index >= 15 is 0 Å². The van der Waals surface area contributed by atoms with Crippen molar-refractivity contribution in [2.24, 2.45) is 11.8 Å². The maximum absolute atomic E-state index is 13.1. The van der Waals surface area contributed by atoms with Crippen molar-refractivity contribution in [3.8, 4) is 0 Å². The average molecular weight is 1170 g/mol. The Hall–Kier alpha value is 0.360. The van der Waals surface area contributed by atoms with Gasteiger partial charge < -0.3 is 14.2 Å². The summed E-state index contributed by atoms with van der Waals surface area (Å²) in [6, 6.07) is 0. The molecular weight excluding hydrogens is 1140 g/mol. The Kier molecular flexibility index (Phi) is 19.5. The fraction of sp³-hybridized carbons (Fsp3) is 0.500. The van der Waals surface area contributed by atoms with Crippen LogP contribution in [0, 0.1) is 11.8 Å². The molecule has 1 aliphatic heterocycles. The number of unbranched alkanes of at least 4 members (excludes halogenated alkanes) is 2. The zero-order valence-corrected chi connectivity index (χ0v) is 38.8. The highest BCUT2D eigenvalue weighted by molar-refractivity contribution is 9.15. The quantitative estimate of drug-likeness (QED) is 0.0611. The molecule has 0 bridgehead atoms. The van der Waals surface area contributed by atoms with Crippen molar-refractivity contribution < 1.29 is 33.4 Å². The fourth-order valence-electron chi connectivity index (χ4n) is 4.54. The van der Waals surface area contributed by atoms with Crippen LogP contribution in [0.1, 0.15) is 120 Å². The van der Waals surface area contributed by atoms with Crippen LogP contribution >= 0.6 is 127 Å². The number of hydrogen-bond acceptors (Lipinski definition) is 7. The SMILES string of the molecule is CCCCC(CC)COC(=O)c1c(Br)c(Br)c(Br)c(Br)c1C(=O)OCC(CC)CCCC.O=C1OC(=O)c2c(Br)c(Br)c(Br)c(Br)c21. The minimum Gasteiger partial charge on any atom is -0.462 e. The van der Waals surface area contributed by atoms with Crippen LogP contribution in [0.2, 0.25) is 0 Å². The number of esters is 4. The maximum atomic E-state index is 13.1. The first kappa shape index (κ1) is 43.5. The van der Waals surface area contributed by atoms with Gasteiger partial charge in [-0.25, -0.2) is 19.2 Å². The molecule has 260 valence electrons. The number of fused-ring (bicyclic) bond motifs is 1. The Morgan fingerprint density at radius 1 is 0.553 bits per heavy atom. The van der Waals surface area contributed by atoms with Gasteiger partial charge in [0, 0.05) is 35.8 Å². The second-order valence-corrected chi connectivity index (χ2v) is 17.1. The highest BCUT2D eigenvalue weighted by atomic mass is 79.9. The molecule has 47 heavy (non-hydrogen) atoms. The van der Waals surface area contributed by atoms with Crippen molar-refractivity contribution in [1.29, 1.82) is 0 Å². The molecule has 2 unspecified atom stereocenters. The summed E-state index contributed by atoms with van der Waals surface area (Å²) in [7, 11) is 0. The minimum absolute atomic E-state index is 0.170. The molecule has 0 amide bonds. The van der Waals surface area contributed by atoms with Gasteiger partial charge in [-0.05, 0) is 152 Å². The second-order valence-electron chi connectivity index (χ2n) is 10.7. The second kappa shape index (κ2) is 21.0. The van der Waals surface area contributed by atoms with Gasteiger partial charge in [-0.2, -0.15) is 0 Å². The summed E-state index contributed by atoms with van der Waals surface area (Å²) in [6.07, 6.45) is 8.32. The van der Waals surface area contributed by atoms with Gasteiger partial charge in [0.05, 0.1) is 35.5 Å². The van der Waals surface area contributed by atoms with Crippen molar-refractivity contribution in [3.05, 3.63) is 58.0 Å². The molecule has 2 aromatic rings. The zero-order valence-electron chi connectivity index (χ0n) is 26.1. The molecule has 0 saturated carbocycles. The van der Waals surface area contributed by atoms with Crippen LogP contribution in [0.3, 0.4) is 0 Å². The minimum atomic E-state index is -0.643. The first-order valence-corrected chi connectivity index (χ1v) is 21.3. The molecule has 0 N–H and O–H groups in total. The van der Waals surface area contributed by atoms with Crippen molar-refractivity contribution in [2.75, 3.05) is 13.2 Å². The van der Waals surface area contributed by atoms with E-state index in [0.717, 1.165) is 51.4 Å². The summed E-state index contributed by atoms with van der Waals surface area (Å²) in [5.74, 6) is -1.75. The van der Waals surface area contributed by atoms with Gasteiger partial charge in [-0.1, -0.05) is 66.2 Å². The Balaban J connectivity index is 0.000000421. The molecule has 0 radical (unpaired) electrons. The van der Waals surface area contributed by atoms with E-state index in [9.17, 15) is 19.2 Å². The van der Waals surface area contributed by atoms with Gasteiger partial charge in [-0.15, -0.1) is 0 Å². The maximum Gasteiger partial charge on any atom is 0.348 e. The van der Waals surface area contributed by atoms with Gasteiger partial charge in [0.2, 0.25) is 0 Å². The van der Waals surface area contributed by atoms with Crippen LogP contribution in [-0.4, -0.2) is 37.1 Å². The molecule has 0 fully saturated rings. The molecule has 0 spiro atoms. The van der Waals surface area contributed by atoms with Gasteiger partial charge in [0.25, 0.3) is 0 Å². The third-order valence-corrected chi connectivity index (χ3v) is 17.1. The summed E-state index contributed by atoms with van der Waals surface area (Å²) in [6.45, 7) is 9.16. The van der Waals surface area contributed by atoms with Crippen molar-refractivity contribution >= 4 is 151 Å². The summed E-state index contributed by atoms with van der Waals surface area (Å²) in [5, 5.41) is 0. The van der Waals surface area contributed by atoms with E-state index in [-0.39, 0.29) is 22.3 Å². The first-order chi connectivity index (χ1) is 22.2. The average Bonchev–Trinajstić information content (AvgIpc) is 3.36. The standard InChI is InChI=1S/C24H34Br4O4.C8Br4O3/c1-5-9-11-15(7-3)13-31-23(29)17-18(20(26)22(28)21(27)19(17)25)24(30)32-14-16(8-4)12-10-6-2;9-3-1-2(8(14)15-7(1)13)4(10)6(12)5(3)11/h15-16H,5-14H2,1-4H3;. The number of halogens is 8. The highest BCUT2D eigenvalue weighted by Crippen LogP contribution is 2.45. The summed E-state index contributed by atoms with van der Waals surface area (Å²) in [5.41, 5.74) is 0.816. The molecule has 1 aliphatic rings.